The van der Waals surface area contributed by atoms with E-state index in [-0.39, 0.29) is 12.5 Å². The number of hydrogen-bond donors (Lipinski definition) is 2. The molecular weight excluding hydrogens is 274 g/mol. The van der Waals surface area contributed by atoms with E-state index in [1.54, 1.807) is 30.2 Å². The fourth-order valence-corrected chi connectivity index (χ4v) is 1.81. The summed E-state index contributed by atoms with van der Waals surface area (Å²) in [4.78, 5) is 26.6. The zero-order chi connectivity index (χ0) is 15.8. The maximum atomic E-state index is 12.1. The van der Waals surface area contributed by atoms with Crippen LogP contribution >= 0.6 is 0 Å². The number of likely N-dealkylation sites (N-methyl/N-ethyl adjacent to an activating group) is 1. The molecule has 0 saturated carbocycles. The van der Waals surface area contributed by atoms with Crippen LogP contribution in [0.4, 0.5) is 0 Å². The predicted octanol–water partition coefficient (Wildman–Crippen LogP) is 0.233. The smallest absolute Gasteiger partial charge is 0.317 e. The number of aliphatic carboxylic acids is 1. The van der Waals surface area contributed by atoms with Gasteiger partial charge >= 0.3 is 5.97 Å². The van der Waals surface area contributed by atoms with Gasteiger partial charge in [-0.25, -0.2) is 0 Å². The van der Waals surface area contributed by atoms with Crippen LogP contribution in [0.3, 0.4) is 0 Å². The van der Waals surface area contributed by atoms with E-state index in [4.69, 9.17) is 9.52 Å². The summed E-state index contributed by atoms with van der Waals surface area (Å²) in [5.41, 5.74) is 0. The second-order valence-corrected chi connectivity index (χ2v) is 5.14. The number of nitrogens with one attached hydrogen (secondary N) is 1. The van der Waals surface area contributed by atoms with Crippen molar-refractivity contribution < 1.29 is 19.1 Å². The molecule has 1 unspecified atom stereocenters. The first-order valence-corrected chi connectivity index (χ1v) is 6.81. The minimum Gasteiger partial charge on any atom is -0.480 e. The van der Waals surface area contributed by atoms with Crippen molar-refractivity contribution in [2.24, 2.45) is 0 Å². The van der Waals surface area contributed by atoms with Crippen molar-refractivity contribution in [2.75, 3.05) is 33.7 Å². The summed E-state index contributed by atoms with van der Waals surface area (Å²) in [7, 11) is 3.81. The zero-order valence-corrected chi connectivity index (χ0v) is 12.7. The van der Waals surface area contributed by atoms with E-state index in [0.29, 0.717) is 25.4 Å². The summed E-state index contributed by atoms with van der Waals surface area (Å²) in [6.45, 7) is 3.03. The average molecular weight is 297 g/mol. The highest BCUT2D eigenvalue weighted by Crippen LogP contribution is 2.02. The highest BCUT2D eigenvalue weighted by Gasteiger charge is 2.23. The van der Waals surface area contributed by atoms with Crippen LogP contribution in [0.25, 0.3) is 0 Å². The minimum absolute atomic E-state index is 0.164. The molecule has 0 spiro atoms. The Morgan fingerprint density at radius 3 is 2.62 bits per heavy atom. The zero-order valence-electron chi connectivity index (χ0n) is 12.7. The van der Waals surface area contributed by atoms with Gasteiger partial charge in [0.25, 0.3) is 0 Å². The second-order valence-electron chi connectivity index (χ2n) is 5.14. The Morgan fingerprint density at radius 2 is 2.10 bits per heavy atom. The summed E-state index contributed by atoms with van der Waals surface area (Å²) in [6.07, 6.45) is 1.54. The molecule has 1 atom stereocenters. The van der Waals surface area contributed by atoms with E-state index >= 15 is 0 Å². The number of rotatable bonds is 9. The van der Waals surface area contributed by atoms with Gasteiger partial charge in [-0.2, -0.15) is 0 Å². The van der Waals surface area contributed by atoms with E-state index in [2.05, 4.69) is 5.32 Å². The van der Waals surface area contributed by atoms with Crippen molar-refractivity contribution in [3.63, 3.8) is 0 Å². The first-order chi connectivity index (χ1) is 9.90. The van der Waals surface area contributed by atoms with Gasteiger partial charge in [-0.3, -0.25) is 14.5 Å². The third-order valence-corrected chi connectivity index (χ3v) is 3.12. The molecule has 2 N–H and O–H groups in total. The van der Waals surface area contributed by atoms with Crippen molar-refractivity contribution in [1.82, 2.24) is 15.1 Å². The molecule has 0 bridgehead atoms. The molecular formula is C14H23N3O4. The Kier molecular flexibility index (Phi) is 6.90. The lowest BCUT2D eigenvalue weighted by Gasteiger charge is -2.27. The topological polar surface area (TPSA) is 86.0 Å². The van der Waals surface area contributed by atoms with Crippen LogP contribution in [0.15, 0.2) is 22.8 Å². The molecule has 1 aromatic heterocycles. The van der Waals surface area contributed by atoms with Crippen LogP contribution in [0.2, 0.25) is 0 Å². The maximum absolute atomic E-state index is 12.1. The van der Waals surface area contributed by atoms with E-state index in [1.165, 1.54) is 0 Å². The minimum atomic E-state index is -0.945. The predicted molar refractivity (Wildman–Crippen MR) is 77.8 cm³/mol. The van der Waals surface area contributed by atoms with Crippen molar-refractivity contribution in [2.45, 2.75) is 19.5 Å². The van der Waals surface area contributed by atoms with Crippen LogP contribution in [-0.4, -0.2) is 66.6 Å². The van der Waals surface area contributed by atoms with Crippen LogP contribution in [0.5, 0.6) is 0 Å². The molecule has 1 rings (SSSR count). The maximum Gasteiger partial charge on any atom is 0.317 e. The molecule has 7 heteroatoms. The number of nitrogens with zero attached hydrogens (tertiary/aromatic N) is 2. The fourth-order valence-electron chi connectivity index (χ4n) is 1.81. The Bertz CT molecular complexity index is 445. The van der Waals surface area contributed by atoms with Gasteiger partial charge in [0, 0.05) is 13.1 Å². The second kappa shape index (κ2) is 8.43. The van der Waals surface area contributed by atoms with E-state index in [0.717, 1.165) is 0 Å². The van der Waals surface area contributed by atoms with E-state index in [1.807, 2.05) is 19.0 Å². The molecule has 0 aromatic carbocycles. The number of carboxylic acids is 1. The lowest BCUT2D eigenvalue weighted by molar-refractivity contribution is -0.140. The quantitative estimate of drug-likeness (QED) is 0.679. The Labute approximate surface area is 124 Å². The molecule has 0 radical (unpaired) electrons. The molecule has 1 amide bonds. The van der Waals surface area contributed by atoms with Gasteiger partial charge in [-0.15, -0.1) is 0 Å². The van der Waals surface area contributed by atoms with Gasteiger partial charge in [0.2, 0.25) is 5.91 Å². The average Bonchev–Trinajstić information content (AvgIpc) is 2.92. The van der Waals surface area contributed by atoms with Crippen LogP contribution in [-0.2, 0) is 16.1 Å². The molecule has 118 valence electrons. The Hall–Kier alpha value is -1.86. The van der Waals surface area contributed by atoms with Crippen LogP contribution in [0, 0.1) is 0 Å². The Balaban J connectivity index is 2.53. The number of carbonyl (C=O) groups excluding carboxylic acids is 1. The summed E-state index contributed by atoms with van der Waals surface area (Å²) in [5, 5.41) is 11.7. The summed E-state index contributed by atoms with van der Waals surface area (Å²) < 4.78 is 5.14. The van der Waals surface area contributed by atoms with Gasteiger partial charge in [0.15, 0.2) is 0 Å². The van der Waals surface area contributed by atoms with Gasteiger partial charge in [0.05, 0.1) is 25.4 Å². The van der Waals surface area contributed by atoms with Gasteiger partial charge < -0.3 is 19.7 Å². The molecule has 1 aromatic rings. The van der Waals surface area contributed by atoms with Crippen molar-refractivity contribution in [1.29, 1.82) is 0 Å². The van der Waals surface area contributed by atoms with Gasteiger partial charge in [-0.1, -0.05) is 0 Å². The van der Waals surface area contributed by atoms with Crippen molar-refractivity contribution in [3.8, 4) is 0 Å². The summed E-state index contributed by atoms with van der Waals surface area (Å²) in [5.74, 6) is -0.500. The number of amides is 1. The van der Waals surface area contributed by atoms with Gasteiger partial charge in [-0.05, 0) is 33.2 Å². The first-order valence-electron chi connectivity index (χ1n) is 6.81. The third-order valence-electron chi connectivity index (χ3n) is 3.12. The number of furan rings is 1. The number of carboxylic acid groups (broad SMARTS) is 1. The fraction of sp³-hybridized carbons (Fsp3) is 0.571. The molecule has 1 heterocycles. The standard InChI is InChI=1S/C14H23N3O4/c1-11(14(20)15-9-12-5-4-8-21-12)17(10-13(18)19)7-6-16(2)3/h4-5,8,11H,6-7,9-10H2,1-3H3,(H,15,20)(H,18,19). The largest absolute Gasteiger partial charge is 0.480 e. The number of hydrogen-bond acceptors (Lipinski definition) is 5. The lowest BCUT2D eigenvalue weighted by atomic mass is 10.2. The number of carbonyl (C=O) groups is 2. The van der Waals surface area contributed by atoms with Crippen molar-refractivity contribution >= 4 is 11.9 Å². The molecule has 0 aliphatic carbocycles. The molecule has 7 nitrogen and oxygen atoms in total. The lowest BCUT2D eigenvalue weighted by Crippen LogP contribution is -2.48. The molecule has 21 heavy (non-hydrogen) atoms. The molecule has 0 aliphatic heterocycles. The summed E-state index contributed by atoms with van der Waals surface area (Å²) >= 11 is 0. The molecule has 0 saturated heterocycles. The Morgan fingerprint density at radius 1 is 1.38 bits per heavy atom. The molecule has 0 fully saturated rings. The van der Waals surface area contributed by atoms with Gasteiger partial charge in [0.1, 0.15) is 5.76 Å². The first kappa shape index (κ1) is 17.2. The van der Waals surface area contributed by atoms with Crippen LogP contribution in [0.1, 0.15) is 12.7 Å². The van der Waals surface area contributed by atoms with E-state index < -0.39 is 12.0 Å². The SMILES string of the molecule is CC(C(=O)NCc1ccco1)N(CCN(C)C)CC(=O)O. The normalized spacial score (nSPS) is 12.6. The van der Waals surface area contributed by atoms with Crippen molar-refractivity contribution in [3.05, 3.63) is 24.2 Å². The van der Waals surface area contributed by atoms with Crippen LogP contribution < -0.4 is 5.32 Å². The van der Waals surface area contributed by atoms with E-state index in [9.17, 15) is 9.59 Å². The highest BCUT2D eigenvalue weighted by molar-refractivity contribution is 5.82. The summed E-state index contributed by atoms with van der Waals surface area (Å²) in [6, 6.07) is 3.00. The highest BCUT2D eigenvalue weighted by atomic mass is 16.4. The monoisotopic (exact) mass is 297 g/mol. The third kappa shape index (κ3) is 6.42. The molecule has 0 aliphatic rings.